The Bertz CT molecular complexity index is 561. The molecule has 0 atom stereocenters. The highest BCUT2D eigenvalue weighted by atomic mass is 32.2. The normalized spacial score (nSPS) is 10.4. The summed E-state index contributed by atoms with van der Waals surface area (Å²) in [5.41, 5.74) is 4.25. The van der Waals surface area contributed by atoms with Gasteiger partial charge >= 0.3 is 0 Å². The molecule has 98 valence electrons. The molecule has 0 aliphatic heterocycles. The lowest BCUT2D eigenvalue weighted by Crippen LogP contribution is -2.04. The molecule has 0 amide bonds. The van der Waals surface area contributed by atoms with Crippen LogP contribution in [0.3, 0.4) is 0 Å². The van der Waals surface area contributed by atoms with E-state index in [0.29, 0.717) is 6.42 Å². The number of carbonyl (C=O) groups is 1. The van der Waals surface area contributed by atoms with E-state index in [2.05, 4.69) is 18.2 Å². The summed E-state index contributed by atoms with van der Waals surface area (Å²) in [5.74, 6) is 1.12. The van der Waals surface area contributed by atoms with Crippen molar-refractivity contribution in [2.45, 2.75) is 13.3 Å². The fourth-order valence-electron chi connectivity index (χ4n) is 2.20. The molecule has 0 saturated carbocycles. The first-order valence-electron chi connectivity index (χ1n) is 6.41. The van der Waals surface area contributed by atoms with Crippen LogP contribution in [0, 0.1) is 6.92 Å². The number of Topliss-reactive ketones (excluding diaryl/α,β-unsaturated/α-hetero) is 1. The highest BCUT2D eigenvalue weighted by molar-refractivity contribution is 7.98. The van der Waals surface area contributed by atoms with Crippen molar-refractivity contribution in [1.82, 2.24) is 0 Å². The molecule has 2 heteroatoms. The van der Waals surface area contributed by atoms with Crippen molar-refractivity contribution in [1.29, 1.82) is 0 Å². The van der Waals surface area contributed by atoms with Crippen molar-refractivity contribution >= 4 is 17.5 Å². The van der Waals surface area contributed by atoms with Crippen LogP contribution in [0.15, 0.2) is 48.5 Å². The first-order chi connectivity index (χ1) is 9.24. The highest BCUT2D eigenvalue weighted by Gasteiger charge is 2.11. The molecule has 0 spiro atoms. The van der Waals surface area contributed by atoms with Gasteiger partial charge in [-0.05, 0) is 29.9 Å². The van der Waals surface area contributed by atoms with E-state index in [1.54, 1.807) is 11.8 Å². The molecule has 0 aliphatic rings. The summed E-state index contributed by atoms with van der Waals surface area (Å²) >= 11 is 1.71. The number of hydrogen-bond acceptors (Lipinski definition) is 2. The first kappa shape index (κ1) is 13.9. The first-order valence-corrected chi connectivity index (χ1v) is 7.80. The molecule has 2 aromatic rings. The lowest BCUT2D eigenvalue weighted by Gasteiger charge is -2.10. The minimum absolute atomic E-state index is 0.240. The van der Waals surface area contributed by atoms with Crippen molar-refractivity contribution in [3.05, 3.63) is 59.7 Å². The maximum absolute atomic E-state index is 12.2. The molecule has 0 heterocycles. The van der Waals surface area contributed by atoms with Crippen molar-refractivity contribution < 1.29 is 4.79 Å². The van der Waals surface area contributed by atoms with Gasteiger partial charge in [0.05, 0.1) is 0 Å². The number of carbonyl (C=O) groups excluding carboxylic acids is 1. The molecular formula is C17H18OS. The number of benzene rings is 2. The van der Waals surface area contributed by atoms with Gasteiger partial charge in [-0.2, -0.15) is 11.8 Å². The molecule has 2 aromatic carbocycles. The fraction of sp³-hybridized carbons (Fsp3) is 0.235. The largest absolute Gasteiger partial charge is 0.294 e. The zero-order valence-corrected chi connectivity index (χ0v) is 12.2. The molecule has 0 unspecified atom stereocenters. The van der Waals surface area contributed by atoms with Crippen LogP contribution in [-0.2, 0) is 0 Å². The van der Waals surface area contributed by atoms with E-state index in [1.165, 1.54) is 5.56 Å². The summed E-state index contributed by atoms with van der Waals surface area (Å²) in [6.45, 7) is 2.04. The average Bonchev–Trinajstić information content (AvgIpc) is 2.46. The van der Waals surface area contributed by atoms with Gasteiger partial charge in [0, 0.05) is 17.7 Å². The molecule has 0 saturated heterocycles. The monoisotopic (exact) mass is 270 g/mol. The van der Waals surface area contributed by atoms with E-state index in [4.69, 9.17) is 0 Å². The molecular weight excluding hydrogens is 252 g/mol. The van der Waals surface area contributed by atoms with Gasteiger partial charge in [-0.3, -0.25) is 4.79 Å². The Morgan fingerprint density at radius 1 is 1.05 bits per heavy atom. The molecule has 0 bridgehead atoms. The van der Waals surface area contributed by atoms with Gasteiger partial charge < -0.3 is 0 Å². The zero-order valence-electron chi connectivity index (χ0n) is 11.3. The van der Waals surface area contributed by atoms with E-state index < -0.39 is 0 Å². The molecule has 2 rings (SSSR count). The van der Waals surface area contributed by atoms with Crippen molar-refractivity contribution in [2.24, 2.45) is 0 Å². The Labute approximate surface area is 119 Å². The smallest absolute Gasteiger partial charge is 0.163 e. The van der Waals surface area contributed by atoms with Gasteiger partial charge in [0.15, 0.2) is 5.78 Å². The average molecular weight is 270 g/mol. The third kappa shape index (κ3) is 3.27. The van der Waals surface area contributed by atoms with Crippen LogP contribution in [0.5, 0.6) is 0 Å². The summed E-state index contributed by atoms with van der Waals surface area (Å²) < 4.78 is 0. The Morgan fingerprint density at radius 3 is 2.47 bits per heavy atom. The van der Waals surface area contributed by atoms with Crippen molar-refractivity contribution in [3.8, 4) is 11.1 Å². The van der Waals surface area contributed by atoms with Crippen LogP contribution in [0.1, 0.15) is 22.3 Å². The topological polar surface area (TPSA) is 17.1 Å². The Kier molecular flexibility index (Phi) is 4.80. The summed E-state index contributed by atoms with van der Waals surface area (Å²) in [5, 5.41) is 0. The third-order valence-electron chi connectivity index (χ3n) is 3.25. The maximum atomic E-state index is 12.2. The number of thioether (sulfide) groups is 1. The number of ketones is 1. The van der Waals surface area contributed by atoms with E-state index in [-0.39, 0.29) is 5.78 Å². The van der Waals surface area contributed by atoms with E-state index in [1.807, 2.05) is 43.5 Å². The predicted octanol–water partition coefficient (Wildman–Crippen LogP) is 4.60. The van der Waals surface area contributed by atoms with E-state index in [9.17, 15) is 4.79 Å². The highest BCUT2D eigenvalue weighted by Crippen LogP contribution is 2.26. The Morgan fingerprint density at radius 2 is 1.79 bits per heavy atom. The van der Waals surface area contributed by atoms with Crippen molar-refractivity contribution in [2.75, 3.05) is 12.0 Å². The lowest BCUT2D eigenvalue weighted by atomic mass is 9.94. The predicted molar refractivity (Wildman–Crippen MR) is 83.9 cm³/mol. The van der Waals surface area contributed by atoms with Crippen LogP contribution in [-0.4, -0.2) is 17.8 Å². The summed E-state index contributed by atoms with van der Waals surface area (Å²) in [4.78, 5) is 12.2. The van der Waals surface area contributed by atoms with Crippen LogP contribution >= 0.6 is 11.8 Å². The molecule has 19 heavy (non-hydrogen) atoms. The van der Waals surface area contributed by atoms with Crippen molar-refractivity contribution in [3.63, 3.8) is 0 Å². The Balaban J connectivity index is 2.36. The second kappa shape index (κ2) is 6.58. The second-order valence-electron chi connectivity index (χ2n) is 4.51. The van der Waals surface area contributed by atoms with Crippen LogP contribution < -0.4 is 0 Å². The molecule has 0 fully saturated rings. The second-order valence-corrected chi connectivity index (χ2v) is 5.50. The standard InChI is InChI=1S/C17H18OS/c1-13-15(14-7-4-3-5-8-14)9-6-10-16(13)17(18)11-12-19-2/h3-10H,11-12H2,1-2H3. The van der Waals surface area contributed by atoms with E-state index in [0.717, 1.165) is 22.4 Å². The lowest BCUT2D eigenvalue weighted by molar-refractivity contribution is 0.0989. The van der Waals surface area contributed by atoms with Crippen LogP contribution in [0.4, 0.5) is 0 Å². The maximum Gasteiger partial charge on any atom is 0.163 e. The number of rotatable bonds is 5. The summed E-state index contributed by atoms with van der Waals surface area (Å²) in [7, 11) is 0. The fourth-order valence-corrected chi connectivity index (χ4v) is 2.59. The quantitative estimate of drug-likeness (QED) is 0.739. The van der Waals surface area contributed by atoms with Gasteiger partial charge in [0.25, 0.3) is 0 Å². The molecule has 0 radical (unpaired) electrons. The Hall–Kier alpha value is -1.54. The summed E-state index contributed by atoms with van der Waals surface area (Å²) in [6, 6.07) is 16.2. The summed E-state index contributed by atoms with van der Waals surface area (Å²) in [6.07, 6.45) is 2.64. The number of hydrogen-bond donors (Lipinski definition) is 0. The third-order valence-corrected chi connectivity index (χ3v) is 3.86. The minimum Gasteiger partial charge on any atom is -0.294 e. The van der Waals surface area contributed by atoms with Crippen LogP contribution in [0.25, 0.3) is 11.1 Å². The van der Waals surface area contributed by atoms with Gasteiger partial charge in [0.2, 0.25) is 0 Å². The van der Waals surface area contributed by atoms with Gasteiger partial charge in [-0.25, -0.2) is 0 Å². The molecule has 1 nitrogen and oxygen atoms in total. The SMILES string of the molecule is CSCCC(=O)c1cccc(-c2ccccc2)c1C. The van der Waals surface area contributed by atoms with Gasteiger partial charge in [-0.15, -0.1) is 0 Å². The van der Waals surface area contributed by atoms with Crippen LogP contribution in [0.2, 0.25) is 0 Å². The van der Waals surface area contributed by atoms with Gasteiger partial charge in [0.1, 0.15) is 0 Å². The molecule has 0 aliphatic carbocycles. The van der Waals surface area contributed by atoms with Gasteiger partial charge in [-0.1, -0.05) is 48.5 Å². The zero-order chi connectivity index (χ0) is 13.7. The minimum atomic E-state index is 0.240. The molecule has 0 N–H and O–H groups in total. The van der Waals surface area contributed by atoms with E-state index >= 15 is 0 Å². The molecule has 0 aromatic heterocycles.